The molecule has 14 heavy (non-hydrogen) atoms. The number of halogens is 3. The van der Waals surface area contributed by atoms with Crippen LogP contribution in [0.2, 0.25) is 0 Å². The molecule has 0 atom stereocenters. The van der Waals surface area contributed by atoms with Gasteiger partial charge >= 0.3 is 5.51 Å². The number of pyridine rings is 1. The molecule has 0 aromatic carbocycles. The van der Waals surface area contributed by atoms with E-state index >= 15 is 0 Å². The van der Waals surface area contributed by atoms with Gasteiger partial charge in [-0.15, -0.1) is 11.3 Å². The van der Waals surface area contributed by atoms with Gasteiger partial charge in [-0.3, -0.25) is 0 Å². The number of thiazole rings is 1. The van der Waals surface area contributed by atoms with Gasteiger partial charge < -0.3 is 0 Å². The van der Waals surface area contributed by atoms with Gasteiger partial charge in [0.2, 0.25) is 0 Å². The van der Waals surface area contributed by atoms with Gasteiger partial charge in [0.05, 0.1) is 5.51 Å². The Kier molecular flexibility index (Phi) is 2.36. The van der Waals surface area contributed by atoms with Crippen LogP contribution in [-0.4, -0.2) is 15.5 Å². The maximum Gasteiger partial charge on any atom is 0.446 e. The fraction of sp³-hybridized carbons (Fsp3) is 0.143. The second-order valence-corrected chi connectivity index (χ2v) is 4.37. The Balaban J connectivity index is 2.35. The molecule has 0 radical (unpaired) electrons. The van der Waals surface area contributed by atoms with E-state index in [-0.39, 0.29) is 16.7 Å². The average Bonchev–Trinajstić information content (AvgIpc) is 2.47. The molecule has 0 unspecified atom stereocenters. The zero-order valence-electron chi connectivity index (χ0n) is 6.58. The standard InChI is InChI=1S/C7H3F3N2S2/c8-7(9,10)14-4-1-5-6(11-2-4)13-3-12-5/h1-3H. The van der Waals surface area contributed by atoms with E-state index in [0.717, 1.165) is 0 Å². The number of hydrogen-bond donors (Lipinski definition) is 0. The molecule has 0 N–H and O–H groups in total. The number of aromatic nitrogens is 2. The smallest absolute Gasteiger partial charge is 0.243 e. The van der Waals surface area contributed by atoms with Crippen LogP contribution in [0.4, 0.5) is 13.2 Å². The summed E-state index contributed by atoms with van der Waals surface area (Å²) in [6.07, 6.45) is 1.21. The molecule has 0 spiro atoms. The van der Waals surface area contributed by atoms with Crippen LogP contribution in [-0.2, 0) is 0 Å². The van der Waals surface area contributed by atoms with E-state index in [1.165, 1.54) is 23.6 Å². The number of alkyl halides is 3. The zero-order chi connectivity index (χ0) is 10.2. The Morgan fingerprint density at radius 1 is 1.29 bits per heavy atom. The minimum absolute atomic E-state index is 0.0656. The van der Waals surface area contributed by atoms with Gasteiger partial charge in [-0.25, -0.2) is 9.97 Å². The lowest BCUT2D eigenvalue weighted by atomic mass is 10.5. The number of hydrogen-bond acceptors (Lipinski definition) is 4. The van der Waals surface area contributed by atoms with Crippen molar-refractivity contribution in [2.45, 2.75) is 10.4 Å². The zero-order valence-corrected chi connectivity index (χ0v) is 8.21. The van der Waals surface area contributed by atoms with Crippen molar-refractivity contribution in [3.8, 4) is 0 Å². The molecule has 2 rings (SSSR count). The Hall–Kier alpha value is -0.820. The second kappa shape index (κ2) is 3.39. The summed E-state index contributed by atoms with van der Waals surface area (Å²) in [5.74, 6) is 0. The highest BCUT2D eigenvalue weighted by atomic mass is 32.2. The molecule has 0 aliphatic carbocycles. The Labute approximate surface area is 85.2 Å². The van der Waals surface area contributed by atoms with Gasteiger partial charge in [-0.05, 0) is 17.8 Å². The summed E-state index contributed by atoms with van der Waals surface area (Å²) in [6, 6.07) is 1.39. The Bertz CT molecular complexity index is 451. The van der Waals surface area contributed by atoms with Gasteiger partial charge in [0.25, 0.3) is 0 Å². The third kappa shape index (κ3) is 2.16. The van der Waals surface area contributed by atoms with Crippen molar-refractivity contribution in [2.24, 2.45) is 0 Å². The van der Waals surface area contributed by atoms with Crippen molar-refractivity contribution in [1.82, 2.24) is 9.97 Å². The first-order chi connectivity index (χ1) is 6.54. The number of thioether (sulfide) groups is 1. The first-order valence-electron chi connectivity index (χ1n) is 3.49. The van der Waals surface area contributed by atoms with Gasteiger partial charge in [-0.1, -0.05) is 0 Å². The van der Waals surface area contributed by atoms with Crippen molar-refractivity contribution in [2.75, 3.05) is 0 Å². The lowest BCUT2D eigenvalue weighted by Gasteiger charge is -2.03. The maximum atomic E-state index is 12.0. The molecule has 2 aromatic rings. The predicted molar refractivity (Wildman–Crippen MR) is 49.3 cm³/mol. The van der Waals surface area contributed by atoms with Crippen molar-refractivity contribution >= 4 is 33.4 Å². The first-order valence-corrected chi connectivity index (χ1v) is 5.19. The maximum absolute atomic E-state index is 12.0. The number of rotatable bonds is 1. The molecule has 2 nitrogen and oxygen atoms in total. The third-order valence-corrected chi connectivity index (χ3v) is 2.84. The quantitative estimate of drug-likeness (QED) is 0.710. The van der Waals surface area contributed by atoms with Crippen LogP contribution in [0.5, 0.6) is 0 Å². The van der Waals surface area contributed by atoms with Crippen LogP contribution < -0.4 is 0 Å². The van der Waals surface area contributed by atoms with Gasteiger partial charge in [-0.2, -0.15) is 13.2 Å². The molecule has 0 saturated heterocycles. The summed E-state index contributed by atoms with van der Waals surface area (Å²) in [7, 11) is 0. The van der Waals surface area contributed by atoms with Crippen molar-refractivity contribution in [3.05, 3.63) is 17.8 Å². The molecule has 0 fully saturated rings. The molecule has 0 saturated carbocycles. The second-order valence-electron chi connectivity index (χ2n) is 2.40. The van der Waals surface area contributed by atoms with Crippen molar-refractivity contribution in [3.63, 3.8) is 0 Å². The molecular weight excluding hydrogens is 233 g/mol. The fourth-order valence-corrected chi connectivity index (χ4v) is 2.08. The molecule has 74 valence electrons. The average molecular weight is 236 g/mol. The Morgan fingerprint density at radius 2 is 2.07 bits per heavy atom. The topological polar surface area (TPSA) is 25.8 Å². The van der Waals surface area contributed by atoms with Gasteiger partial charge in [0.1, 0.15) is 10.3 Å². The molecular formula is C7H3F3N2S2. The number of nitrogens with zero attached hydrogens (tertiary/aromatic N) is 2. The summed E-state index contributed by atoms with van der Waals surface area (Å²) >= 11 is 1.12. The first kappa shape index (κ1) is 9.72. The van der Waals surface area contributed by atoms with Crippen molar-refractivity contribution in [1.29, 1.82) is 0 Å². The Morgan fingerprint density at radius 3 is 2.79 bits per heavy atom. The predicted octanol–water partition coefficient (Wildman–Crippen LogP) is 3.30. The summed E-state index contributed by atoms with van der Waals surface area (Å²) in [5, 5.41) is 0. The molecule has 7 heteroatoms. The monoisotopic (exact) mass is 236 g/mol. The van der Waals surface area contributed by atoms with Gasteiger partial charge in [0.15, 0.2) is 0 Å². The normalized spacial score (nSPS) is 12.2. The lowest BCUT2D eigenvalue weighted by molar-refractivity contribution is -0.0328. The summed E-state index contributed by atoms with van der Waals surface area (Å²) < 4.78 is 36.0. The van der Waals surface area contributed by atoms with Crippen molar-refractivity contribution < 1.29 is 13.2 Å². The minimum atomic E-state index is -4.27. The van der Waals surface area contributed by atoms with Crippen LogP contribution in [0, 0.1) is 0 Å². The summed E-state index contributed by atoms with van der Waals surface area (Å²) in [5.41, 5.74) is -2.21. The van der Waals surface area contributed by atoms with E-state index in [2.05, 4.69) is 9.97 Å². The SMILES string of the molecule is FC(F)(F)Sc1cnc2scnc2c1. The highest BCUT2D eigenvalue weighted by Gasteiger charge is 2.29. The molecule has 2 heterocycles. The van der Waals surface area contributed by atoms with E-state index in [4.69, 9.17) is 0 Å². The molecule has 0 amide bonds. The summed E-state index contributed by atoms with van der Waals surface area (Å²) in [6.45, 7) is 0. The van der Waals surface area contributed by atoms with E-state index < -0.39 is 5.51 Å². The molecule has 0 aliphatic heterocycles. The van der Waals surface area contributed by atoms with Crippen LogP contribution >= 0.6 is 23.1 Å². The van der Waals surface area contributed by atoms with E-state index in [1.807, 2.05) is 0 Å². The minimum Gasteiger partial charge on any atom is -0.243 e. The summed E-state index contributed by atoms with van der Waals surface area (Å²) in [4.78, 5) is 8.46. The molecule has 0 bridgehead atoms. The van der Waals surface area contributed by atoms with Crippen LogP contribution in [0.15, 0.2) is 22.7 Å². The number of fused-ring (bicyclic) bond motifs is 1. The van der Waals surface area contributed by atoms with Crippen LogP contribution in [0.3, 0.4) is 0 Å². The fourth-order valence-electron chi connectivity index (χ4n) is 0.928. The van der Waals surface area contributed by atoms with E-state index in [9.17, 15) is 13.2 Å². The van der Waals surface area contributed by atoms with E-state index in [0.29, 0.717) is 10.3 Å². The van der Waals surface area contributed by atoms with Crippen LogP contribution in [0.1, 0.15) is 0 Å². The van der Waals surface area contributed by atoms with Gasteiger partial charge in [0, 0.05) is 11.1 Å². The largest absolute Gasteiger partial charge is 0.446 e. The lowest BCUT2D eigenvalue weighted by Crippen LogP contribution is -1.99. The highest BCUT2D eigenvalue weighted by Crippen LogP contribution is 2.37. The third-order valence-electron chi connectivity index (χ3n) is 1.40. The molecule has 0 aliphatic rings. The van der Waals surface area contributed by atoms with Crippen LogP contribution in [0.25, 0.3) is 10.3 Å². The van der Waals surface area contributed by atoms with E-state index in [1.54, 1.807) is 5.51 Å². The highest BCUT2D eigenvalue weighted by molar-refractivity contribution is 8.00. The molecule has 2 aromatic heterocycles.